The molecule has 1 aliphatic rings. The molecule has 0 unspecified atom stereocenters. The fourth-order valence-corrected chi connectivity index (χ4v) is 2.53. The van der Waals surface area contributed by atoms with E-state index in [9.17, 15) is 5.26 Å². The normalized spacial score (nSPS) is 14.3. The van der Waals surface area contributed by atoms with Crippen LogP contribution in [0.5, 0.6) is 0 Å². The van der Waals surface area contributed by atoms with Gasteiger partial charge in [-0.1, -0.05) is 26.8 Å². The minimum Gasteiger partial charge on any atom is -0.367 e. The Morgan fingerprint density at radius 3 is 2.70 bits per heavy atom. The number of rotatable bonds is 7. The number of anilines is 1. The third-order valence-electron chi connectivity index (χ3n) is 3.62. The summed E-state index contributed by atoms with van der Waals surface area (Å²) >= 11 is 0. The number of nitrogens with one attached hydrogen (secondary N) is 1. The summed E-state index contributed by atoms with van der Waals surface area (Å²) in [6.45, 7) is 9.38. The number of hydrogen-bond donors (Lipinski definition) is 1. The molecule has 0 aliphatic heterocycles. The van der Waals surface area contributed by atoms with E-state index in [0.29, 0.717) is 12.0 Å². The van der Waals surface area contributed by atoms with Gasteiger partial charge in [0.1, 0.15) is 6.07 Å². The molecule has 108 valence electrons. The molecule has 2 rings (SSSR count). The molecule has 1 N–H and O–H groups in total. The fourth-order valence-electron chi connectivity index (χ4n) is 2.53. The highest BCUT2D eigenvalue weighted by Crippen LogP contribution is 2.34. The van der Waals surface area contributed by atoms with Gasteiger partial charge in [0, 0.05) is 19.1 Å². The van der Waals surface area contributed by atoms with Crippen LogP contribution in [-0.2, 0) is 6.54 Å². The van der Waals surface area contributed by atoms with Crippen molar-refractivity contribution in [2.45, 2.75) is 46.2 Å². The van der Waals surface area contributed by atoms with E-state index in [-0.39, 0.29) is 0 Å². The third kappa shape index (κ3) is 3.74. The first kappa shape index (κ1) is 14.9. The van der Waals surface area contributed by atoms with Crippen LogP contribution in [-0.4, -0.2) is 19.1 Å². The Morgan fingerprint density at radius 2 is 2.15 bits per heavy atom. The summed E-state index contributed by atoms with van der Waals surface area (Å²) in [4.78, 5) is 2.43. The molecule has 1 aromatic carbocycles. The van der Waals surface area contributed by atoms with E-state index in [1.54, 1.807) is 0 Å². The van der Waals surface area contributed by atoms with E-state index in [0.717, 1.165) is 30.9 Å². The summed E-state index contributed by atoms with van der Waals surface area (Å²) in [5.74, 6) is 0.614. The van der Waals surface area contributed by atoms with Crippen LogP contribution >= 0.6 is 0 Å². The van der Waals surface area contributed by atoms with E-state index in [1.807, 2.05) is 6.07 Å². The Bertz CT molecular complexity index is 483. The molecule has 1 aromatic rings. The number of hydrogen-bond acceptors (Lipinski definition) is 3. The summed E-state index contributed by atoms with van der Waals surface area (Å²) in [7, 11) is 0. The molecule has 0 amide bonds. The topological polar surface area (TPSA) is 39.1 Å². The maximum Gasteiger partial charge on any atom is 0.101 e. The highest BCUT2D eigenvalue weighted by Gasteiger charge is 2.30. The van der Waals surface area contributed by atoms with Crippen molar-refractivity contribution < 1.29 is 0 Å². The Labute approximate surface area is 122 Å². The molecule has 1 aliphatic carbocycles. The summed E-state index contributed by atoms with van der Waals surface area (Å²) < 4.78 is 0. The van der Waals surface area contributed by atoms with E-state index >= 15 is 0 Å². The van der Waals surface area contributed by atoms with Crippen molar-refractivity contribution in [2.24, 2.45) is 5.92 Å². The lowest BCUT2D eigenvalue weighted by Gasteiger charge is -2.27. The molecule has 0 bridgehead atoms. The summed E-state index contributed by atoms with van der Waals surface area (Å²) in [5, 5.41) is 12.8. The van der Waals surface area contributed by atoms with Crippen LogP contribution in [0.25, 0.3) is 0 Å². The van der Waals surface area contributed by atoms with Gasteiger partial charge in [-0.2, -0.15) is 5.26 Å². The van der Waals surface area contributed by atoms with Gasteiger partial charge < -0.3 is 10.2 Å². The summed E-state index contributed by atoms with van der Waals surface area (Å²) in [5.41, 5.74) is 3.12. The largest absolute Gasteiger partial charge is 0.367 e. The molecule has 0 atom stereocenters. The second kappa shape index (κ2) is 6.76. The Morgan fingerprint density at radius 1 is 1.40 bits per heavy atom. The molecular formula is C17H25N3. The van der Waals surface area contributed by atoms with Crippen molar-refractivity contribution >= 4 is 5.69 Å². The van der Waals surface area contributed by atoms with Crippen LogP contribution in [0.15, 0.2) is 18.2 Å². The first-order valence-corrected chi connectivity index (χ1v) is 7.66. The van der Waals surface area contributed by atoms with Crippen molar-refractivity contribution in [3.8, 4) is 6.07 Å². The monoisotopic (exact) mass is 271 g/mol. The van der Waals surface area contributed by atoms with Crippen molar-refractivity contribution in [1.29, 1.82) is 5.26 Å². The molecule has 0 heterocycles. The summed E-state index contributed by atoms with van der Waals surface area (Å²) in [6.07, 6.45) is 2.52. The van der Waals surface area contributed by atoms with E-state index in [2.05, 4.69) is 49.2 Å². The van der Waals surface area contributed by atoms with Crippen molar-refractivity contribution in [3.63, 3.8) is 0 Å². The van der Waals surface area contributed by atoms with Gasteiger partial charge in [0.2, 0.25) is 0 Å². The van der Waals surface area contributed by atoms with Gasteiger partial charge >= 0.3 is 0 Å². The fraction of sp³-hybridized carbons (Fsp3) is 0.588. The minimum atomic E-state index is 0.614. The Balaban J connectivity index is 2.23. The van der Waals surface area contributed by atoms with Crippen molar-refractivity contribution in [2.75, 3.05) is 18.0 Å². The zero-order valence-electron chi connectivity index (χ0n) is 12.8. The van der Waals surface area contributed by atoms with Crippen LogP contribution in [0.1, 0.15) is 44.7 Å². The molecule has 0 aromatic heterocycles. The maximum atomic E-state index is 9.46. The molecule has 1 fully saturated rings. The van der Waals surface area contributed by atoms with E-state index < -0.39 is 0 Å². The molecule has 3 heteroatoms. The second-order valence-corrected chi connectivity index (χ2v) is 6.02. The number of nitrogens with zero attached hydrogens (tertiary/aromatic N) is 2. The van der Waals surface area contributed by atoms with Gasteiger partial charge in [-0.15, -0.1) is 0 Å². The molecule has 0 spiro atoms. The maximum absolute atomic E-state index is 9.46. The molecule has 20 heavy (non-hydrogen) atoms. The van der Waals surface area contributed by atoms with Gasteiger partial charge in [0.15, 0.2) is 0 Å². The highest BCUT2D eigenvalue weighted by molar-refractivity contribution is 5.61. The van der Waals surface area contributed by atoms with Crippen LogP contribution < -0.4 is 10.2 Å². The second-order valence-electron chi connectivity index (χ2n) is 6.02. The lowest BCUT2D eigenvalue weighted by molar-refractivity contribution is 0.607. The highest BCUT2D eigenvalue weighted by atomic mass is 15.2. The zero-order valence-corrected chi connectivity index (χ0v) is 12.8. The van der Waals surface area contributed by atoms with Crippen LogP contribution in [0.3, 0.4) is 0 Å². The van der Waals surface area contributed by atoms with E-state index in [4.69, 9.17) is 0 Å². The third-order valence-corrected chi connectivity index (χ3v) is 3.62. The van der Waals surface area contributed by atoms with Crippen molar-refractivity contribution in [1.82, 2.24) is 5.32 Å². The minimum absolute atomic E-state index is 0.614. The lowest BCUT2D eigenvalue weighted by atomic mass is 10.1. The smallest absolute Gasteiger partial charge is 0.101 e. The summed E-state index contributed by atoms with van der Waals surface area (Å²) in [6, 6.07) is 9.34. The lowest BCUT2D eigenvalue weighted by Crippen LogP contribution is -2.30. The standard InChI is InChI=1S/C17H25N3/c1-4-19-11-14-5-8-17(15(9-14)10-18)20(12-13(2)3)16-6-7-16/h5,8-9,13,16,19H,4,6-7,11-12H2,1-3H3. The van der Waals surface area contributed by atoms with Crippen LogP contribution in [0, 0.1) is 17.2 Å². The molecule has 3 nitrogen and oxygen atoms in total. The number of benzene rings is 1. The first-order chi connectivity index (χ1) is 9.65. The molecule has 0 saturated heterocycles. The molecule has 1 saturated carbocycles. The van der Waals surface area contributed by atoms with Crippen LogP contribution in [0.4, 0.5) is 5.69 Å². The average Bonchev–Trinajstić information content (AvgIpc) is 3.26. The predicted molar refractivity (Wildman–Crippen MR) is 83.7 cm³/mol. The van der Waals surface area contributed by atoms with Gasteiger partial charge in [-0.3, -0.25) is 0 Å². The first-order valence-electron chi connectivity index (χ1n) is 7.66. The van der Waals surface area contributed by atoms with Gasteiger partial charge in [0.05, 0.1) is 11.3 Å². The van der Waals surface area contributed by atoms with E-state index in [1.165, 1.54) is 18.4 Å². The Hall–Kier alpha value is -1.53. The SMILES string of the molecule is CCNCc1ccc(N(CC(C)C)C2CC2)c(C#N)c1. The van der Waals surface area contributed by atoms with Gasteiger partial charge in [-0.25, -0.2) is 0 Å². The molecular weight excluding hydrogens is 246 g/mol. The number of nitriles is 1. The van der Waals surface area contributed by atoms with Crippen molar-refractivity contribution in [3.05, 3.63) is 29.3 Å². The average molecular weight is 271 g/mol. The van der Waals surface area contributed by atoms with Gasteiger partial charge in [0.25, 0.3) is 0 Å². The molecule has 0 radical (unpaired) electrons. The zero-order chi connectivity index (χ0) is 14.5. The van der Waals surface area contributed by atoms with Gasteiger partial charge in [-0.05, 0) is 43.0 Å². The predicted octanol–water partition coefficient (Wildman–Crippen LogP) is 3.29. The quantitative estimate of drug-likeness (QED) is 0.827. The Kier molecular flexibility index (Phi) is 5.03. The van der Waals surface area contributed by atoms with Crippen LogP contribution in [0.2, 0.25) is 0 Å².